The maximum Gasteiger partial charge on any atom is 0.261 e. The van der Waals surface area contributed by atoms with E-state index in [1.165, 1.54) is 9.13 Å². The van der Waals surface area contributed by atoms with Gasteiger partial charge < -0.3 is 8.83 Å². The van der Waals surface area contributed by atoms with Crippen molar-refractivity contribution in [3.63, 3.8) is 0 Å². The minimum atomic E-state index is -0.341. The molecule has 6 heterocycles. The molecule has 9 aromatic carbocycles. The van der Waals surface area contributed by atoms with E-state index in [1.807, 2.05) is 24.3 Å². The van der Waals surface area contributed by atoms with Gasteiger partial charge in [-0.05, 0) is 144 Å². The number of fused-ring (bicyclic) bond motifs is 6. The van der Waals surface area contributed by atoms with Crippen LogP contribution in [0.1, 0.15) is 90.2 Å². The van der Waals surface area contributed by atoms with E-state index in [1.54, 1.807) is 22.7 Å². The molecule has 6 aromatic heterocycles. The zero-order valence-electron chi connectivity index (χ0n) is 45.8. The second kappa shape index (κ2) is 18.3. The second-order valence-corrected chi connectivity index (χ2v) is 25.1. The molecule has 396 valence electrons. The third-order valence-corrected chi connectivity index (χ3v) is 20.3. The summed E-state index contributed by atoms with van der Waals surface area (Å²) in [7, 11) is 0. The Bertz CT molecular complexity index is 4940. The molecular weight excluding hydrogens is 1030 g/mol. The number of benzene rings is 9. The number of pyridine rings is 2. The van der Waals surface area contributed by atoms with Gasteiger partial charge in [-0.25, -0.2) is 0 Å². The zero-order valence-corrected chi connectivity index (χ0v) is 47.4. The summed E-state index contributed by atoms with van der Waals surface area (Å²) in [5.74, 6) is 0.247. The van der Waals surface area contributed by atoms with Gasteiger partial charge in [-0.3, -0.25) is 28.3 Å². The molecule has 2 atom stereocenters. The van der Waals surface area contributed by atoms with Crippen LogP contribution in [0.5, 0.6) is 0 Å². The van der Waals surface area contributed by atoms with E-state index in [0.29, 0.717) is 67.7 Å². The number of thiophene rings is 2. The number of unbranched alkanes of at least 4 members (excludes halogenated alkanes) is 2. The Labute approximate surface area is 467 Å². The lowest BCUT2D eigenvalue weighted by Crippen LogP contribution is -2.35. The van der Waals surface area contributed by atoms with Gasteiger partial charge in [0, 0.05) is 108 Å². The largest absolute Gasteiger partial charge is 0.455 e. The average molecular weight is 1090 g/mol. The summed E-state index contributed by atoms with van der Waals surface area (Å²) in [4.78, 5) is 64.8. The van der Waals surface area contributed by atoms with Crippen LogP contribution in [0.4, 0.5) is 0 Å². The number of aromatic nitrogens is 2. The number of hydrogen-bond acceptors (Lipinski definition) is 8. The first-order valence-corrected chi connectivity index (χ1v) is 30.3. The summed E-state index contributed by atoms with van der Waals surface area (Å²) in [6.45, 7) is 13.4. The molecule has 10 heteroatoms. The Balaban J connectivity index is 1.23. The summed E-state index contributed by atoms with van der Waals surface area (Å²) in [5, 5.41) is 12.8. The maximum absolute atomic E-state index is 15.7. The van der Waals surface area contributed by atoms with Crippen LogP contribution in [-0.4, -0.2) is 9.13 Å². The van der Waals surface area contributed by atoms with Gasteiger partial charge >= 0.3 is 0 Å². The van der Waals surface area contributed by atoms with Crippen LogP contribution in [-0.2, 0) is 13.1 Å². The van der Waals surface area contributed by atoms with Crippen LogP contribution >= 0.6 is 22.7 Å². The van der Waals surface area contributed by atoms with E-state index in [4.69, 9.17) is 8.83 Å². The third kappa shape index (κ3) is 7.03. The van der Waals surface area contributed by atoms with Crippen molar-refractivity contribution in [1.29, 1.82) is 0 Å². The number of nitrogens with zero attached hydrogens (tertiary/aromatic N) is 2. The van der Waals surface area contributed by atoms with Crippen molar-refractivity contribution in [1.82, 2.24) is 9.13 Å². The molecule has 0 radical (unpaired) electrons. The Hall–Kier alpha value is -7.92. The lowest BCUT2D eigenvalue weighted by Gasteiger charge is -2.21. The predicted octanol–water partition coefficient (Wildman–Crippen LogP) is 18.6. The van der Waals surface area contributed by atoms with Crippen molar-refractivity contribution in [2.75, 3.05) is 0 Å². The molecule has 0 aliphatic rings. The minimum absolute atomic E-state index is 0.124. The van der Waals surface area contributed by atoms with Gasteiger partial charge in [0.25, 0.3) is 22.2 Å². The van der Waals surface area contributed by atoms with Crippen LogP contribution in [0.3, 0.4) is 0 Å². The highest BCUT2D eigenvalue weighted by molar-refractivity contribution is 7.22. The molecule has 8 nitrogen and oxygen atoms in total. The molecule has 0 aliphatic heterocycles. The van der Waals surface area contributed by atoms with Crippen LogP contribution in [0, 0.1) is 25.7 Å². The fourth-order valence-electron chi connectivity index (χ4n) is 13.9. The molecule has 0 N–H and O–H groups in total. The first-order chi connectivity index (χ1) is 39.0. The van der Waals surface area contributed by atoms with Crippen molar-refractivity contribution in [2.24, 2.45) is 11.8 Å². The smallest absolute Gasteiger partial charge is 0.261 e. The highest BCUT2D eigenvalue weighted by Crippen LogP contribution is 2.54. The van der Waals surface area contributed by atoms with Crippen LogP contribution in [0.15, 0.2) is 137 Å². The molecule has 80 heavy (non-hydrogen) atoms. The Kier molecular flexibility index (Phi) is 11.2. The zero-order chi connectivity index (χ0) is 54.6. The molecular formula is C70H58N2O6S2. The summed E-state index contributed by atoms with van der Waals surface area (Å²) in [5.41, 5.74) is 4.64. The van der Waals surface area contributed by atoms with Gasteiger partial charge in [0.15, 0.2) is 0 Å². The maximum atomic E-state index is 15.7. The van der Waals surface area contributed by atoms with Gasteiger partial charge in [-0.15, -0.1) is 22.7 Å². The van der Waals surface area contributed by atoms with E-state index in [9.17, 15) is 0 Å². The first kappa shape index (κ1) is 49.1. The van der Waals surface area contributed by atoms with Crippen molar-refractivity contribution < 1.29 is 8.83 Å². The molecule has 0 saturated heterocycles. The van der Waals surface area contributed by atoms with Gasteiger partial charge in [0.2, 0.25) is 0 Å². The van der Waals surface area contributed by atoms with Crippen molar-refractivity contribution in [3.05, 3.63) is 162 Å². The molecule has 0 fully saturated rings. The summed E-state index contributed by atoms with van der Waals surface area (Å²) in [6.07, 6.45) is 7.51. The SMILES string of the molecule is CCCCC(CC)Cn1c(=O)c2cc3oc4c(-c5cc6ccccc6s5)cc(C)cc4c4cc5c(=O)n(CC(CC)CCCC)c(=O)c6cc7oc8c(-c9cc%10ccccc%10s9)cc(C)cc8c8cc(c1=O)c2c1c3c4c(c65)c7c81. The standard InChI is InChI=1S/C70H58N2O6S2/c1-7-11-17-37(9-3)33-71-67(73)47-29-41-43-23-35(5)25-45(55-27-39-19-13-15-21-53(39)79-55)65(43)78-52-32-50-58-48(68(74)72(70(50)76)34-38(10-4)18-12-8-2)30-42-44-24-36(6)26-46(56-28-40-20-14-16-22-54(40)80-56)66(44)77-51-31-49(69(71)75)57(47)63-59(41)62(52)64(58)60(42)61(51)63/h13-16,19-32,37-38H,7-12,17-18,33-34H2,1-6H3. The van der Waals surface area contributed by atoms with Crippen molar-refractivity contribution in [3.8, 4) is 20.9 Å². The Morgan fingerprint density at radius 3 is 1.21 bits per heavy atom. The molecule has 15 rings (SSSR count). The number of aryl methyl sites for hydroxylation is 2. The van der Waals surface area contributed by atoms with Gasteiger partial charge in [0.1, 0.15) is 22.3 Å². The average Bonchev–Trinajstić information content (AvgIpc) is 3.45. The van der Waals surface area contributed by atoms with Crippen LogP contribution in [0.2, 0.25) is 0 Å². The molecule has 0 aliphatic carbocycles. The monoisotopic (exact) mass is 1090 g/mol. The predicted molar refractivity (Wildman–Crippen MR) is 338 cm³/mol. The molecule has 0 amide bonds. The Morgan fingerprint density at radius 1 is 0.425 bits per heavy atom. The second-order valence-electron chi connectivity index (χ2n) is 22.9. The van der Waals surface area contributed by atoms with Crippen LogP contribution < -0.4 is 22.2 Å². The van der Waals surface area contributed by atoms with Gasteiger partial charge in [0.05, 0.1) is 10.8 Å². The van der Waals surface area contributed by atoms with E-state index >= 15 is 19.2 Å². The molecule has 15 aromatic rings. The quantitative estimate of drug-likeness (QED) is 0.0794. The molecule has 0 spiro atoms. The number of hydrogen-bond donors (Lipinski definition) is 0. The normalized spacial score (nSPS) is 13.5. The first-order valence-electron chi connectivity index (χ1n) is 28.7. The van der Waals surface area contributed by atoms with E-state index < -0.39 is 0 Å². The third-order valence-electron chi connectivity index (χ3n) is 18.0. The summed E-state index contributed by atoms with van der Waals surface area (Å²) >= 11 is 3.40. The lowest BCUT2D eigenvalue weighted by molar-refractivity contribution is 0.382. The fourth-order valence-corrected chi connectivity index (χ4v) is 16.1. The van der Waals surface area contributed by atoms with Crippen molar-refractivity contribution >= 4 is 151 Å². The van der Waals surface area contributed by atoms with Gasteiger partial charge in [-0.2, -0.15) is 0 Å². The van der Waals surface area contributed by atoms with E-state index in [0.717, 1.165) is 157 Å². The Morgan fingerprint density at radius 2 is 0.825 bits per heavy atom. The van der Waals surface area contributed by atoms with Crippen LogP contribution in [0.25, 0.3) is 150 Å². The van der Waals surface area contributed by atoms with E-state index in [-0.39, 0.29) is 34.1 Å². The van der Waals surface area contributed by atoms with Crippen molar-refractivity contribution in [2.45, 2.75) is 106 Å². The minimum Gasteiger partial charge on any atom is -0.455 e. The van der Waals surface area contributed by atoms with E-state index in [2.05, 4.69) is 126 Å². The summed E-state index contributed by atoms with van der Waals surface area (Å²) in [6, 6.07) is 37.7. The topological polar surface area (TPSA) is 104 Å². The number of rotatable bonds is 14. The fraction of sp³-hybridized carbons (Fsp3) is 0.257. The highest BCUT2D eigenvalue weighted by atomic mass is 32.1. The summed E-state index contributed by atoms with van der Waals surface area (Å²) < 4.78 is 20.6. The lowest BCUT2D eigenvalue weighted by atomic mass is 9.82. The molecule has 2 unspecified atom stereocenters. The molecule has 0 bridgehead atoms. The molecule has 0 saturated carbocycles. The highest BCUT2D eigenvalue weighted by Gasteiger charge is 2.32. The van der Waals surface area contributed by atoms with Gasteiger partial charge in [-0.1, -0.05) is 103 Å².